The van der Waals surface area contributed by atoms with E-state index in [1.54, 1.807) is 24.3 Å². The summed E-state index contributed by atoms with van der Waals surface area (Å²) in [6.07, 6.45) is 0. The van der Waals surface area contributed by atoms with Gasteiger partial charge in [0, 0.05) is 6.54 Å². The quantitative estimate of drug-likeness (QED) is 0.606. The average molecular weight is 206 g/mol. The van der Waals surface area contributed by atoms with Crippen molar-refractivity contribution in [3.8, 4) is 5.69 Å². The Morgan fingerprint density at radius 3 is 2.33 bits per heavy atom. The summed E-state index contributed by atoms with van der Waals surface area (Å²) < 4.78 is 1.02. The third-order valence-electron chi connectivity index (χ3n) is 2.13. The zero-order valence-corrected chi connectivity index (χ0v) is 7.86. The molecular weight excluding hydrogens is 196 g/mol. The topological polar surface area (TPSA) is 96.7 Å². The van der Waals surface area contributed by atoms with Crippen molar-refractivity contribution in [1.82, 2.24) is 14.8 Å². The van der Waals surface area contributed by atoms with E-state index in [2.05, 4.69) is 10.2 Å². The van der Waals surface area contributed by atoms with Crippen molar-refractivity contribution in [2.45, 2.75) is 6.54 Å². The van der Waals surface area contributed by atoms with Crippen molar-refractivity contribution in [3.63, 3.8) is 0 Å². The van der Waals surface area contributed by atoms with Crippen LogP contribution in [0.15, 0.2) is 33.9 Å². The van der Waals surface area contributed by atoms with Crippen LogP contribution in [0, 0.1) is 0 Å². The number of nitrogens with one attached hydrogen (secondary N) is 2. The zero-order chi connectivity index (χ0) is 10.8. The van der Waals surface area contributed by atoms with E-state index in [1.165, 1.54) is 0 Å². The molecule has 0 saturated carbocycles. The molecular formula is C9H10N4O2. The van der Waals surface area contributed by atoms with Gasteiger partial charge in [0.1, 0.15) is 0 Å². The number of rotatable bonds is 2. The standard InChI is InChI=1S/C9H10N4O2/c10-5-6-3-1-2-4-7(6)13-8(14)11-12-9(13)15/h1-4H,5,10H2,(H,11,14)(H,12,15). The molecule has 1 aromatic carbocycles. The van der Waals surface area contributed by atoms with Gasteiger partial charge in [-0.15, -0.1) is 0 Å². The van der Waals surface area contributed by atoms with Crippen LogP contribution in [0.3, 0.4) is 0 Å². The molecule has 0 unspecified atom stereocenters. The lowest BCUT2D eigenvalue weighted by molar-refractivity contribution is 0.916. The van der Waals surface area contributed by atoms with Crippen LogP contribution in [-0.4, -0.2) is 14.8 Å². The van der Waals surface area contributed by atoms with Gasteiger partial charge in [0.2, 0.25) is 0 Å². The highest BCUT2D eigenvalue weighted by Crippen LogP contribution is 2.09. The van der Waals surface area contributed by atoms with E-state index in [4.69, 9.17) is 5.73 Å². The maximum Gasteiger partial charge on any atom is 0.348 e. The first kappa shape index (κ1) is 9.47. The minimum absolute atomic E-state index is 0.271. The molecule has 0 saturated heterocycles. The molecule has 6 nitrogen and oxygen atoms in total. The predicted molar refractivity (Wildman–Crippen MR) is 54.9 cm³/mol. The molecule has 6 heteroatoms. The summed E-state index contributed by atoms with van der Waals surface area (Å²) in [6.45, 7) is 0.271. The molecule has 1 aromatic heterocycles. The van der Waals surface area contributed by atoms with Crippen molar-refractivity contribution in [2.75, 3.05) is 0 Å². The number of nitrogens with zero attached hydrogens (tertiary/aromatic N) is 1. The molecule has 0 fully saturated rings. The van der Waals surface area contributed by atoms with Gasteiger partial charge < -0.3 is 5.73 Å². The van der Waals surface area contributed by atoms with Crippen LogP contribution < -0.4 is 17.1 Å². The largest absolute Gasteiger partial charge is 0.348 e. The molecule has 0 aliphatic carbocycles. The van der Waals surface area contributed by atoms with Gasteiger partial charge in [-0.2, -0.15) is 0 Å². The number of nitrogens with two attached hydrogens (primary N) is 1. The Balaban J connectivity index is 2.74. The fourth-order valence-corrected chi connectivity index (χ4v) is 1.43. The summed E-state index contributed by atoms with van der Waals surface area (Å²) in [4.78, 5) is 22.7. The van der Waals surface area contributed by atoms with Gasteiger partial charge in [-0.25, -0.2) is 24.4 Å². The average Bonchev–Trinajstić information content (AvgIpc) is 2.59. The first-order valence-corrected chi connectivity index (χ1v) is 4.42. The van der Waals surface area contributed by atoms with Crippen LogP contribution in [-0.2, 0) is 6.54 Å². The van der Waals surface area contributed by atoms with Crippen molar-refractivity contribution in [3.05, 3.63) is 50.8 Å². The monoisotopic (exact) mass is 206 g/mol. The molecule has 0 amide bonds. The van der Waals surface area contributed by atoms with Crippen LogP contribution in [0.25, 0.3) is 5.69 Å². The Morgan fingerprint density at radius 1 is 1.13 bits per heavy atom. The minimum atomic E-state index is -0.499. The highest BCUT2D eigenvalue weighted by Gasteiger charge is 2.08. The van der Waals surface area contributed by atoms with E-state index >= 15 is 0 Å². The van der Waals surface area contributed by atoms with Crippen molar-refractivity contribution in [2.24, 2.45) is 5.73 Å². The summed E-state index contributed by atoms with van der Waals surface area (Å²) in [5.41, 5.74) is 5.77. The number of benzene rings is 1. The summed E-state index contributed by atoms with van der Waals surface area (Å²) in [5.74, 6) is 0. The van der Waals surface area contributed by atoms with E-state index in [1.807, 2.05) is 0 Å². The number of H-pyrrole nitrogens is 2. The van der Waals surface area contributed by atoms with Crippen molar-refractivity contribution < 1.29 is 0 Å². The van der Waals surface area contributed by atoms with E-state index in [0.29, 0.717) is 5.69 Å². The smallest absolute Gasteiger partial charge is 0.326 e. The Morgan fingerprint density at radius 2 is 1.73 bits per heavy atom. The van der Waals surface area contributed by atoms with Gasteiger partial charge in [0.05, 0.1) is 5.69 Å². The lowest BCUT2D eigenvalue weighted by Crippen LogP contribution is -2.26. The normalized spacial score (nSPS) is 10.5. The maximum atomic E-state index is 11.3. The predicted octanol–water partition coefficient (Wildman–Crippen LogP) is -0.687. The first-order valence-electron chi connectivity index (χ1n) is 4.42. The number of aromatic nitrogens is 3. The highest BCUT2D eigenvalue weighted by molar-refractivity contribution is 5.40. The van der Waals surface area contributed by atoms with Crippen LogP contribution >= 0.6 is 0 Å². The van der Waals surface area contributed by atoms with Gasteiger partial charge in [0.25, 0.3) is 0 Å². The second kappa shape index (κ2) is 3.58. The first-order chi connectivity index (χ1) is 7.24. The summed E-state index contributed by atoms with van der Waals surface area (Å²) in [5, 5.41) is 4.43. The Bertz CT molecular complexity index is 551. The third-order valence-corrected chi connectivity index (χ3v) is 2.13. The van der Waals surface area contributed by atoms with E-state index < -0.39 is 11.4 Å². The molecule has 0 aliphatic heterocycles. The Hall–Kier alpha value is -2.08. The number of aromatic amines is 2. The van der Waals surface area contributed by atoms with Gasteiger partial charge in [-0.1, -0.05) is 18.2 Å². The third kappa shape index (κ3) is 1.50. The van der Waals surface area contributed by atoms with Crippen LogP contribution in [0.1, 0.15) is 5.56 Å². The minimum Gasteiger partial charge on any atom is -0.326 e. The van der Waals surface area contributed by atoms with Gasteiger partial charge in [-0.05, 0) is 11.6 Å². The van der Waals surface area contributed by atoms with Gasteiger partial charge in [-0.3, -0.25) is 0 Å². The van der Waals surface area contributed by atoms with Crippen LogP contribution in [0.5, 0.6) is 0 Å². The molecule has 78 valence electrons. The van der Waals surface area contributed by atoms with E-state index in [9.17, 15) is 9.59 Å². The highest BCUT2D eigenvalue weighted by atomic mass is 16.2. The second-order valence-electron chi connectivity index (χ2n) is 3.03. The maximum absolute atomic E-state index is 11.3. The number of hydrogen-bond donors (Lipinski definition) is 3. The fourth-order valence-electron chi connectivity index (χ4n) is 1.43. The lowest BCUT2D eigenvalue weighted by atomic mass is 10.2. The molecule has 0 atom stereocenters. The fraction of sp³-hybridized carbons (Fsp3) is 0.111. The van der Waals surface area contributed by atoms with Crippen molar-refractivity contribution >= 4 is 0 Å². The molecule has 2 rings (SSSR count). The van der Waals surface area contributed by atoms with Crippen LogP contribution in [0.4, 0.5) is 0 Å². The zero-order valence-electron chi connectivity index (χ0n) is 7.86. The molecule has 0 aliphatic rings. The molecule has 0 radical (unpaired) electrons. The SMILES string of the molecule is NCc1ccccc1-n1c(=O)[nH][nH]c1=O. The Kier molecular flexibility index (Phi) is 2.26. The van der Waals surface area contributed by atoms with E-state index in [0.717, 1.165) is 10.1 Å². The van der Waals surface area contributed by atoms with Gasteiger partial charge in [0.15, 0.2) is 0 Å². The molecule has 15 heavy (non-hydrogen) atoms. The molecule has 0 spiro atoms. The molecule has 1 heterocycles. The summed E-state index contributed by atoms with van der Waals surface area (Å²) >= 11 is 0. The molecule has 2 aromatic rings. The van der Waals surface area contributed by atoms with E-state index in [-0.39, 0.29) is 6.54 Å². The number of para-hydroxylation sites is 1. The van der Waals surface area contributed by atoms with Gasteiger partial charge >= 0.3 is 11.4 Å². The molecule has 4 N–H and O–H groups in total. The summed E-state index contributed by atoms with van der Waals surface area (Å²) in [7, 11) is 0. The lowest BCUT2D eigenvalue weighted by Gasteiger charge is -2.04. The Labute approximate surface area is 84.3 Å². The number of hydrogen-bond acceptors (Lipinski definition) is 3. The molecule has 0 bridgehead atoms. The van der Waals surface area contributed by atoms with Crippen molar-refractivity contribution in [1.29, 1.82) is 0 Å². The second-order valence-corrected chi connectivity index (χ2v) is 3.03. The van der Waals surface area contributed by atoms with Crippen LogP contribution in [0.2, 0.25) is 0 Å². The summed E-state index contributed by atoms with van der Waals surface area (Å²) in [6, 6.07) is 6.99.